The summed E-state index contributed by atoms with van der Waals surface area (Å²) in [4.78, 5) is 43.4. The highest BCUT2D eigenvalue weighted by molar-refractivity contribution is 7.93. The fraction of sp³-hybridized carbons (Fsp3) is 0.394. The summed E-state index contributed by atoms with van der Waals surface area (Å²) in [6.07, 6.45) is 2.90. The van der Waals surface area contributed by atoms with Crippen LogP contribution in [0.5, 0.6) is 0 Å². The second kappa shape index (κ2) is 18.0. The highest BCUT2D eigenvalue weighted by Gasteiger charge is 2.38. The molecule has 0 saturated carbocycles. The molecule has 0 spiro atoms. The number of carbonyl (C=O) groups excluding carboxylic acids is 3. The predicted molar refractivity (Wildman–Crippen MR) is 173 cm³/mol. The van der Waals surface area contributed by atoms with Crippen molar-refractivity contribution in [2.24, 2.45) is 4.99 Å². The van der Waals surface area contributed by atoms with E-state index in [2.05, 4.69) is 27.5 Å². The van der Waals surface area contributed by atoms with E-state index in [0.29, 0.717) is 29.0 Å². The Labute approximate surface area is 259 Å². The second-order valence-corrected chi connectivity index (χ2v) is 11.4. The second-order valence-electron chi connectivity index (χ2n) is 10.6. The standard InChI is InChI=1S/C33H44N4O5S/c1-7-14-28(36-32(40)24(4)19-34-23(2)3)25(5)35-20-29(38)37-30(27-17-12-9-13-18-27)31(39)33(6,41)22-42-43-21-26-15-10-8-11-16-26/h8-13,15-19,28,30,35,41H,5,7,14,20-22H2,1-4,6H3,(H,36,40)(H,37,38)/b24-19+. The fourth-order valence-corrected chi connectivity index (χ4v) is 4.60. The lowest BCUT2D eigenvalue weighted by molar-refractivity contribution is -0.142. The van der Waals surface area contributed by atoms with Crippen LogP contribution in [-0.2, 0) is 24.3 Å². The number of amides is 2. The molecule has 0 bridgehead atoms. The summed E-state index contributed by atoms with van der Waals surface area (Å²) >= 11 is 1.14. The molecule has 0 aliphatic carbocycles. The average Bonchev–Trinajstić information content (AvgIpc) is 2.99. The summed E-state index contributed by atoms with van der Waals surface area (Å²) in [5.74, 6) is -0.809. The van der Waals surface area contributed by atoms with Crippen molar-refractivity contribution in [3.05, 3.63) is 95.8 Å². The van der Waals surface area contributed by atoms with E-state index in [1.165, 1.54) is 13.1 Å². The van der Waals surface area contributed by atoms with Crippen molar-refractivity contribution in [2.75, 3.05) is 13.2 Å². The van der Waals surface area contributed by atoms with Crippen LogP contribution in [0.2, 0.25) is 0 Å². The first-order valence-corrected chi connectivity index (χ1v) is 15.2. The minimum Gasteiger partial charge on any atom is -0.380 e. The molecule has 3 unspecified atom stereocenters. The van der Waals surface area contributed by atoms with E-state index in [1.54, 1.807) is 37.3 Å². The number of ketones is 1. The van der Waals surface area contributed by atoms with Crippen molar-refractivity contribution in [3.8, 4) is 0 Å². The highest BCUT2D eigenvalue weighted by Crippen LogP contribution is 2.23. The molecule has 0 aromatic heterocycles. The van der Waals surface area contributed by atoms with Gasteiger partial charge in [0.1, 0.15) is 11.6 Å². The quantitative estimate of drug-likeness (QED) is 0.0828. The normalized spacial score (nSPS) is 14.0. The molecule has 4 N–H and O–H groups in total. The summed E-state index contributed by atoms with van der Waals surface area (Å²) in [7, 11) is 0. The van der Waals surface area contributed by atoms with Gasteiger partial charge in [0.15, 0.2) is 5.78 Å². The van der Waals surface area contributed by atoms with Gasteiger partial charge in [-0.05, 0) is 57.3 Å². The molecule has 43 heavy (non-hydrogen) atoms. The van der Waals surface area contributed by atoms with Gasteiger partial charge < -0.3 is 25.2 Å². The van der Waals surface area contributed by atoms with Crippen LogP contribution in [0, 0.1) is 0 Å². The van der Waals surface area contributed by atoms with E-state index in [-0.39, 0.29) is 19.1 Å². The number of hydrogen-bond donors (Lipinski definition) is 4. The van der Waals surface area contributed by atoms with Crippen LogP contribution in [-0.4, -0.2) is 53.2 Å². The minimum absolute atomic E-state index is 0.189. The van der Waals surface area contributed by atoms with Gasteiger partial charge in [-0.15, -0.1) is 0 Å². The number of aliphatic hydroxyl groups is 1. The number of aliphatic imine (C=N–C) groups is 1. The molecule has 9 nitrogen and oxygen atoms in total. The third kappa shape index (κ3) is 12.6. The van der Waals surface area contributed by atoms with Crippen LogP contribution < -0.4 is 16.0 Å². The number of benzene rings is 2. The van der Waals surface area contributed by atoms with Crippen molar-refractivity contribution < 1.29 is 23.7 Å². The average molecular weight is 609 g/mol. The van der Waals surface area contributed by atoms with Gasteiger partial charge in [-0.25, -0.2) is 0 Å². The van der Waals surface area contributed by atoms with Gasteiger partial charge >= 0.3 is 0 Å². The molecular weight excluding hydrogens is 564 g/mol. The van der Waals surface area contributed by atoms with Crippen molar-refractivity contribution >= 4 is 35.4 Å². The third-order valence-electron chi connectivity index (χ3n) is 6.38. The SMILES string of the molecule is C=C(NCC(=O)NC(C(=O)C(C)(O)COSCc1ccccc1)c1ccccc1)C(CCC)NC(=O)/C(C)=C/N=C(C)C. The van der Waals surface area contributed by atoms with Crippen LogP contribution in [0.3, 0.4) is 0 Å². The van der Waals surface area contributed by atoms with Gasteiger partial charge in [0, 0.05) is 28.9 Å². The maximum atomic E-state index is 13.5. The van der Waals surface area contributed by atoms with Gasteiger partial charge in [-0.2, -0.15) is 0 Å². The van der Waals surface area contributed by atoms with E-state index >= 15 is 0 Å². The molecule has 0 aliphatic rings. The Morgan fingerprint density at radius 1 is 1.05 bits per heavy atom. The molecule has 2 aromatic carbocycles. The Morgan fingerprint density at radius 2 is 1.67 bits per heavy atom. The van der Waals surface area contributed by atoms with E-state index in [0.717, 1.165) is 29.7 Å². The van der Waals surface area contributed by atoms with Crippen LogP contribution in [0.15, 0.2) is 89.7 Å². The van der Waals surface area contributed by atoms with E-state index in [1.807, 2.05) is 51.1 Å². The maximum absolute atomic E-state index is 13.5. The lowest BCUT2D eigenvalue weighted by Crippen LogP contribution is -2.49. The summed E-state index contributed by atoms with van der Waals surface area (Å²) in [6.45, 7) is 12.3. The van der Waals surface area contributed by atoms with Gasteiger partial charge in [-0.3, -0.25) is 19.4 Å². The van der Waals surface area contributed by atoms with Crippen LogP contribution in [0.4, 0.5) is 0 Å². The predicted octanol–water partition coefficient (Wildman–Crippen LogP) is 4.80. The van der Waals surface area contributed by atoms with E-state index in [4.69, 9.17) is 4.18 Å². The van der Waals surface area contributed by atoms with Crippen molar-refractivity contribution in [3.63, 3.8) is 0 Å². The number of hydrogen-bond acceptors (Lipinski definition) is 8. The number of nitrogens with zero attached hydrogens (tertiary/aromatic N) is 1. The first-order chi connectivity index (χ1) is 20.4. The molecule has 0 saturated heterocycles. The van der Waals surface area contributed by atoms with Crippen LogP contribution >= 0.6 is 12.0 Å². The molecule has 232 valence electrons. The van der Waals surface area contributed by atoms with Gasteiger partial charge in [0.05, 0.1) is 19.2 Å². The Bertz CT molecular complexity index is 1270. The summed E-state index contributed by atoms with van der Waals surface area (Å²) in [5, 5.41) is 19.7. The smallest absolute Gasteiger partial charge is 0.248 e. The Kier molecular flexibility index (Phi) is 14.9. The number of Topliss-reactive ketones (excluding diaryl/α,β-unsaturated/α-hetero) is 1. The highest BCUT2D eigenvalue weighted by atomic mass is 32.2. The molecule has 0 fully saturated rings. The first-order valence-electron chi connectivity index (χ1n) is 14.2. The van der Waals surface area contributed by atoms with Gasteiger partial charge in [0.2, 0.25) is 11.8 Å². The van der Waals surface area contributed by atoms with Gasteiger partial charge in [0.25, 0.3) is 0 Å². The van der Waals surface area contributed by atoms with Crippen LogP contribution in [0.25, 0.3) is 0 Å². The lowest BCUT2D eigenvalue weighted by Gasteiger charge is -2.28. The molecule has 2 rings (SSSR count). The Morgan fingerprint density at radius 3 is 2.28 bits per heavy atom. The van der Waals surface area contributed by atoms with E-state index in [9.17, 15) is 19.5 Å². The molecule has 0 aliphatic heterocycles. The zero-order valence-electron chi connectivity index (χ0n) is 25.7. The Balaban J connectivity index is 2.03. The van der Waals surface area contributed by atoms with Crippen molar-refractivity contribution in [1.82, 2.24) is 16.0 Å². The number of rotatable bonds is 18. The number of carbonyl (C=O) groups is 3. The van der Waals surface area contributed by atoms with Crippen molar-refractivity contribution in [2.45, 2.75) is 70.9 Å². The molecule has 10 heteroatoms. The zero-order chi connectivity index (χ0) is 31.8. The molecule has 0 heterocycles. The van der Waals surface area contributed by atoms with Crippen LogP contribution in [0.1, 0.15) is 64.6 Å². The van der Waals surface area contributed by atoms with Crippen molar-refractivity contribution in [1.29, 1.82) is 0 Å². The molecule has 0 radical (unpaired) electrons. The molecule has 3 atom stereocenters. The fourth-order valence-electron chi connectivity index (χ4n) is 3.88. The number of nitrogens with one attached hydrogen (secondary N) is 3. The summed E-state index contributed by atoms with van der Waals surface area (Å²) in [6, 6.07) is 16.9. The minimum atomic E-state index is -1.86. The lowest BCUT2D eigenvalue weighted by atomic mass is 9.91. The largest absolute Gasteiger partial charge is 0.380 e. The summed E-state index contributed by atoms with van der Waals surface area (Å²) in [5.41, 5.74) is 1.46. The first kappa shape index (κ1) is 35.5. The molecule has 2 amide bonds. The Hall–Kier alpha value is -3.73. The third-order valence-corrected chi connectivity index (χ3v) is 7.11. The van der Waals surface area contributed by atoms with Gasteiger partial charge in [-0.1, -0.05) is 80.6 Å². The van der Waals surface area contributed by atoms with E-state index < -0.39 is 29.4 Å². The molecular formula is C33H44N4O5S. The zero-order valence-corrected chi connectivity index (χ0v) is 26.5. The summed E-state index contributed by atoms with van der Waals surface area (Å²) < 4.78 is 5.58. The molecule has 2 aromatic rings. The topological polar surface area (TPSA) is 129 Å². The monoisotopic (exact) mass is 608 g/mol. The maximum Gasteiger partial charge on any atom is 0.248 e.